The van der Waals surface area contributed by atoms with Gasteiger partial charge in [0.2, 0.25) is 10.0 Å². The topological polar surface area (TPSA) is 129 Å². The van der Waals surface area contributed by atoms with E-state index in [1.165, 1.54) is 11.6 Å². The molecule has 0 amide bonds. The maximum atomic E-state index is 13.3. The van der Waals surface area contributed by atoms with Gasteiger partial charge in [0.05, 0.1) is 16.3 Å². The Labute approximate surface area is 201 Å². The van der Waals surface area contributed by atoms with Crippen LogP contribution in [0.2, 0.25) is 5.02 Å². The highest BCUT2D eigenvalue weighted by Crippen LogP contribution is 2.39. The molecule has 0 aliphatic carbocycles. The normalized spacial score (nSPS) is 11.8. The van der Waals surface area contributed by atoms with Crippen LogP contribution in [0.3, 0.4) is 0 Å². The zero-order chi connectivity index (χ0) is 24.6. The molecule has 0 radical (unpaired) electrons. The van der Waals surface area contributed by atoms with Crippen LogP contribution < -0.4 is 0 Å². The largest absolute Gasteiger partial charge is 0.507 e. The lowest BCUT2D eigenvalue weighted by atomic mass is 10.1. The highest BCUT2D eigenvalue weighted by molar-refractivity contribution is 7.89. The number of benzene rings is 3. The smallest absolute Gasteiger partial charge is 0.319 e. The molecule has 0 spiro atoms. The summed E-state index contributed by atoms with van der Waals surface area (Å²) in [5.41, 5.74) is 2.04. The second kappa shape index (κ2) is 8.98. The summed E-state index contributed by atoms with van der Waals surface area (Å²) < 4.78 is 28.9. The molecule has 34 heavy (non-hydrogen) atoms. The Balaban J connectivity index is 1.80. The van der Waals surface area contributed by atoms with Crippen LogP contribution in [0.4, 0.5) is 0 Å². The van der Waals surface area contributed by atoms with Gasteiger partial charge in [-0.25, -0.2) is 13.0 Å². The fourth-order valence-electron chi connectivity index (χ4n) is 3.45. The third-order valence-corrected chi connectivity index (χ3v) is 7.42. The van der Waals surface area contributed by atoms with Crippen LogP contribution in [0.1, 0.15) is 11.1 Å². The monoisotopic (exact) mass is 500 g/mol. The number of rotatable bonds is 6. The summed E-state index contributed by atoms with van der Waals surface area (Å²) in [5.74, 6) is -1.16. The van der Waals surface area contributed by atoms with Gasteiger partial charge in [-0.2, -0.15) is 4.31 Å². The van der Waals surface area contributed by atoms with E-state index in [9.17, 15) is 23.7 Å². The van der Waals surface area contributed by atoms with Gasteiger partial charge in [-0.15, -0.1) is 5.10 Å². The van der Waals surface area contributed by atoms with Crippen molar-refractivity contribution in [3.8, 4) is 34.6 Å². The molecule has 1 heterocycles. The van der Waals surface area contributed by atoms with Crippen molar-refractivity contribution in [3.05, 3.63) is 76.8 Å². The summed E-state index contributed by atoms with van der Waals surface area (Å²) in [6.45, 7) is 1.99. The number of phenolic OH excluding ortho intramolecular Hbond substituents is 2. The second-order valence-corrected chi connectivity index (χ2v) is 10.1. The summed E-state index contributed by atoms with van der Waals surface area (Å²) in [4.78, 5) is -0.442. The number of aryl methyl sites for hydroxylation is 1. The van der Waals surface area contributed by atoms with Crippen molar-refractivity contribution in [1.29, 1.82) is 0 Å². The SMILES string of the molecule is Cc1ccc(CN(C)S(=O)(=O)c2cc(-c3nnc(O)n3-c3ccccc3Cl)c(O)cc2O)cc1. The van der Waals surface area contributed by atoms with E-state index in [0.29, 0.717) is 5.69 Å². The average Bonchev–Trinajstić information content (AvgIpc) is 3.16. The lowest BCUT2D eigenvalue weighted by Gasteiger charge is -2.19. The van der Waals surface area contributed by atoms with E-state index >= 15 is 0 Å². The van der Waals surface area contributed by atoms with Gasteiger partial charge in [0.25, 0.3) is 0 Å². The van der Waals surface area contributed by atoms with E-state index in [1.807, 2.05) is 31.2 Å². The molecule has 9 nitrogen and oxygen atoms in total. The quantitative estimate of drug-likeness (QED) is 0.367. The highest BCUT2D eigenvalue weighted by Gasteiger charge is 2.28. The van der Waals surface area contributed by atoms with E-state index in [4.69, 9.17) is 11.6 Å². The zero-order valence-electron chi connectivity index (χ0n) is 18.2. The van der Waals surface area contributed by atoms with E-state index in [0.717, 1.165) is 27.6 Å². The van der Waals surface area contributed by atoms with E-state index < -0.39 is 32.4 Å². The molecule has 0 fully saturated rings. The lowest BCUT2D eigenvalue weighted by Crippen LogP contribution is -2.26. The summed E-state index contributed by atoms with van der Waals surface area (Å²) >= 11 is 6.25. The molecular weight excluding hydrogens is 480 g/mol. The Morgan fingerprint density at radius 3 is 2.32 bits per heavy atom. The van der Waals surface area contributed by atoms with Gasteiger partial charge in [0, 0.05) is 19.7 Å². The maximum absolute atomic E-state index is 13.3. The minimum atomic E-state index is -4.18. The second-order valence-electron chi connectivity index (χ2n) is 7.69. The fourth-order valence-corrected chi connectivity index (χ4v) is 4.92. The highest BCUT2D eigenvalue weighted by atomic mass is 35.5. The Kier molecular flexibility index (Phi) is 6.22. The summed E-state index contributed by atoms with van der Waals surface area (Å²) in [5, 5.41) is 39.0. The van der Waals surface area contributed by atoms with Crippen LogP contribution in [-0.2, 0) is 16.6 Å². The van der Waals surface area contributed by atoms with Gasteiger partial charge >= 0.3 is 6.01 Å². The Hall–Kier alpha value is -3.60. The van der Waals surface area contributed by atoms with Crippen molar-refractivity contribution < 1.29 is 23.7 Å². The molecule has 0 aliphatic heterocycles. The minimum absolute atomic E-state index is 0.0643. The predicted molar refractivity (Wildman–Crippen MR) is 127 cm³/mol. The number of phenols is 2. The van der Waals surface area contributed by atoms with Crippen LogP contribution in [0.25, 0.3) is 17.1 Å². The molecule has 3 N–H and O–H groups in total. The van der Waals surface area contributed by atoms with Gasteiger partial charge in [0.1, 0.15) is 16.4 Å². The van der Waals surface area contributed by atoms with Crippen LogP contribution in [-0.4, -0.2) is 49.9 Å². The number of para-hydroxylation sites is 1. The molecule has 1 aromatic heterocycles. The van der Waals surface area contributed by atoms with E-state index in [2.05, 4.69) is 10.2 Å². The van der Waals surface area contributed by atoms with Gasteiger partial charge < -0.3 is 15.3 Å². The fraction of sp³-hybridized carbons (Fsp3) is 0.130. The van der Waals surface area contributed by atoms with Gasteiger partial charge in [-0.05, 0) is 30.7 Å². The number of aromatic nitrogens is 3. The van der Waals surface area contributed by atoms with Crippen molar-refractivity contribution >= 4 is 21.6 Å². The summed E-state index contributed by atoms with van der Waals surface area (Å²) in [6.07, 6.45) is 0. The number of sulfonamides is 1. The van der Waals surface area contributed by atoms with Crippen molar-refractivity contribution in [2.75, 3.05) is 7.05 Å². The van der Waals surface area contributed by atoms with Crippen molar-refractivity contribution in [2.45, 2.75) is 18.4 Å². The lowest BCUT2D eigenvalue weighted by molar-refractivity contribution is 0.420. The molecular formula is C23H21ClN4O5S. The number of hydrogen-bond donors (Lipinski definition) is 3. The Morgan fingerprint density at radius 2 is 1.65 bits per heavy atom. The molecule has 0 unspecified atom stereocenters. The van der Waals surface area contributed by atoms with Crippen molar-refractivity contribution in [3.63, 3.8) is 0 Å². The molecule has 4 aromatic rings. The molecule has 4 rings (SSSR count). The molecule has 0 bridgehead atoms. The Morgan fingerprint density at radius 1 is 0.971 bits per heavy atom. The first-order valence-electron chi connectivity index (χ1n) is 10.1. The summed E-state index contributed by atoms with van der Waals surface area (Å²) in [7, 11) is -2.79. The number of nitrogens with zero attached hydrogens (tertiary/aromatic N) is 4. The number of hydrogen-bond acceptors (Lipinski definition) is 7. The first-order valence-corrected chi connectivity index (χ1v) is 11.9. The molecule has 0 aliphatic rings. The van der Waals surface area contributed by atoms with E-state index in [-0.39, 0.29) is 23.0 Å². The van der Waals surface area contributed by atoms with Crippen LogP contribution in [0.15, 0.2) is 65.6 Å². The first-order chi connectivity index (χ1) is 16.1. The predicted octanol–water partition coefficient (Wildman–Crippen LogP) is 3.83. The maximum Gasteiger partial charge on any atom is 0.319 e. The average molecular weight is 501 g/mol. The van der Waals surface area contributed by atoms with Crippen LogP contribution in [0, 0.1) is 6.92 Å². The van der Waals surface area contributed by atoms with Crippen LogP contribution in [0.5, 0.6) is 17.5 Å². The first kappa shape index (κ1) is 23.6. The number of aromatic hydroxyl groups is 3. The molecule has 3 aromatic carbocycles. The van der Waals surface area contributed by atoms with Crippen molar-refractivity contribution in [2.24, 2.45) is 0 Å². The van der Waals surface area contributed by atoms with E-state index in [1.54, 1.807) is 24.3 Å². The Bertz CT molecular complexity index is 1470. The molecule has 0 saturated heterocycles. The van der Waals surface area contributed by atoms with Crippen molar-refractivity contribution in [1.82, 2.24) is 19.1 Å². The molecule has 0 saturated carbocycles. The van der Waals surface area contributed by atoms with Gasteiger partial charge in [-0.3, -0.25) is 0 Å². The third-order valence-electron chi connectivity index (χ3n) is 5.27. The standard InChI is InChI=1S/C23H21ClN4O5S/c1-14-7-9-15(10-8-14)13-27(2)34(32,33)21-11-16(19(29)12-20(21)30)22-25-26-23(31)28(22)18-6-4-3-5-17(18)24/h3-12,29-30H,13H2,1-2H3,(H,26,31). The minimum Gasteiger partial charge on any atom is -0.507 e. The molecule has 0 atom stereocenters. The third kappa shape index (κ3) is 4.30. The van der Waals surface area contributed by atoms with Crippen LogP contribution >= 0.6 is 11.6 Å². The zero-order valence-corrected chi connectivity index (χ0v) is 19.8. The van der Waals surface area contributed by atoms with Gasteiger partial charge in [0.15, 0.2) is 5.82 Å². The number of halogens is 1. The van der Waals surface area contributed by atoms with Gasteiger partial charge in [-0.1, -0.05) is 58.7 Å². The molecule has 176 valence electrons. The molecule has 11 heteroatoms. The summed E-state index contributed by atoms with van der Waals surface area (Å²) in [6, 6.07) is 15.4.